The molecule has 10 nitrogen and oxygen atoms in total. The van der Waals surface area contributed by atoms with Gasteiger partial charge in [-0.15, -0.1) is 11.8 Å². The van der Waals surface area contributed by atoms with E-state index in [0.29, 0.717) is 45.5 Å². The van der Waals surface area contributed by atoms with Crippen LogP contribution in [0.25, 0.3) is 6.08 Å². The zero-order valence-electron chi connectivity index (χ0n) is 23.9. The molecular weight excluding hydrogens is 582 g/mol. The molecule has 0 radical (unpaired) electrons. The van der Waals surface area contributed by atoms with Crippen LogP contribution in [-0.2, 0) is 9.59 Å². The highest BCUT2D eigenvalue weighted by Gasteiger charge is 2.17. The summed E-state index contributed by atoms with van der Waals surface area (Å²) < 4.78 is 21.3. The van der Waals surface area contributed by atoms with E-state index in [-0.39, 0.29) is 24.2 Å². The van der Waals surface area contributed by atoms with Gasteiger partial charge in [0, 0.05) is 27.9 Å². The number of benzene rings is 4. The minimum Gasteiger partial charge on any atom is -0.493 e. The number of hydrogen-bond acceptors (Lipinski definition) is 8. The summed E-state index contributed by atoms with van der Waals surface area (Å²) in [6, 6.07) is 26.0. The van der Waals surface area contributed by atoms with Gasteiger partial charge >= 0.3 is 0 Å². The number of carbonyl (C=O) groups is 3. The highest BCUT2D eigenvalue weighted by molar-refractivity contribution is 8.00. The Kier molecular flexibility index (Phi) is 9.68. The van der Waals surface area contributed by atoms with Crippen molar-refractivity contribution in [3.8, 4) is 23.0 Å². The summed E-state index contributed by atoms with van der Waals surface area (Å²) in [6.45, 7) is 0.164. The average molecular weight is 612 g/mol. The zero-order valence-corrected chi connectivity index (χ0v) is 24.7. The molecule has 0 aromatic heterocycles. The maximum Gasteiger partial charge on any atom is 0.272 e. The number of rotatable bonds is 11. The standard InChI is InChI=1S/C33H29N3O7S/c1-40-27-14-8-21(17-29(27)41-2)16-26(36-32(38)22-6-4-3-5-7-22)33(39)35-23-9-12-25(13-10-23)44-19-31(37)34-24-11-15-28-30(18-24)43-20-42-28/h3-18H,19-20H2,1-2H3,(H,34,37)(H,35,39)(H,36,38)/b26-16-. The largest absolute Gasteiger partial charge is 0.493 e. The Morgan fingerprint density at radius 3 is 2.27 bits per heavy atom. The number of thioether (sulfide) groups is 1. The van der Waals surface area contributed by atoms with Crippen LogP contribution in [-0.4, -0.2) is 44.5 Å². The van der Waals surface area contributed by atoms with Crippen LogP contribution in [0.5, 0.6) is 23.0 Å². The Labute approximate surface area is 258 Å². The van der Waals surface area contributed by atoms with Crippen molar-refractivity contribution in [1.82, 2.24) is 5.32 Å². The minimum absolute atomic E-state index is 0.0321. The van der Waals surface area contributed by atoms with Gasteiger partial charge in [0.05, 0.1) is 20.0 Å². The summed E-state index contributed by atoms with van der Waals surface area (Å²) in [5, 5.41) is 8.39. The van der Waals surface area contributed by atoms with Crippen LogP contribution >= 0.6 is 11.8 Å². The van der Waals surface area contributed by atoms with Crippen molar-refractivity contribution in [2.24, 2.45) is 0 Å². The topological polar surface area (TPSA) is 124 Å². The van der Waals surface area contributed by atoms with Gasteiger partial charge in [-0.1, -0.05) is 24.3 Å². The van der Waals surface area contributed by atoms with Crippen molar-refractivity contribution in [3.05, 3.63) is 108 Å². The predicted molar refractivity (Wildman–Crippen MR) is 168 cm³/mol. The first kappa shape index (κ1) is 30.1. The third-order valence-electron chi connectivity index (χ3n) is 6.39. The second-order valence-corrected chi connectivity index (χ2v) is 10.4. The van der Waals surface area contributed by atoms with Gasteiger partial charge in [-0.3, -0.25) is 14.4 Å². The van der Waals surface area contributed by atoms with Crippen molar-refractivity contribution in [2.45, 2.75) is 4.90 Å². The molecule has 0 saturated heterocycles. The van der Waals surface area contributed by atoms with Crippen LogP contribution in [0.4, 0.5) is 11.4 Å². The van der Waals surface area contributed by atoms with Crippen LogP contribution in [0.2, 0.25) is 0 Å². The van der Waals surface area contributed by atoms with Gasteiger partial charge < -0.3 is 34.9 Å². The highest BCUT2D eigenvalue weighted by atomic mass is 32.2. The van der Waals surface area contributed by atoms with Crippen LogP contribution in [0, 0.1) is 0 Å². The summed E-state index contributed by atoms with van der Waals surface area (Å²) >= 11 is 1.35. The first-order valence-corrected chi connectivity index (χ1v) is 14.4. The van der Waals surface area contributed by atoms with E-state index in [0.717, 1.165) is 4.90 Å². The van der Waals surface area contributed by atoms with Crippen LogP contribution in [0.1, 0.15) is 15.9 Å². The van der Waals surface area contributed by atoms with Crippen molar-refractivity contribution >= 4 is 46.9 Å². The second kappa shape index (κ2) is 14.2. The molecule has 1 aliphatic rings. The molecule has 3 amide bonds. The smallest absolute Gasteiger partial charge is 0.272 e. The summed E-state index contributed by atoms with van der Waals surface area (Å²) in [6.07, 6.45) is 1.56. The molecule has 0 unspecified atom stereocenters. The van der Waals surface area contributed by atoms with Crippen molar-refractivity contribution in [1.29, 1.82) is 0 Å². The Bertz CT molecular complexity index is 1690. The molecule has 0 saturated carbocycles. The molecule has 1 heterocycles. The maximum atomic E-state index is 13.4. The van der Waals surface area contributed by atoms with Gasteiger partial charge in [0.2, 0.25) is 12.7 Å². The van der Waals surface area contributed by atoms with E-state index < -0.39 is 11.8 Å². The number of nitrogens with one attached hydrogen (secondary N) is 3. The quantitative estimate of drug-likeness (QED) is 0.149. The molecule has 5 rings (SSSR count). The Hall–Kier alpha value is -5.42. The Morgan fingerprint density at radius 1 is 0.795 bits per heavy atom. The number of ether oxygens (including phenoxy) is 4. The third-order valence-corrected chi connectivity index (χ3v) is 7.40. The molecule has 0 spiro atoms. The molecular formula is C33H29N3O7S. The first-order valence-electron chi connectivity index (χ1n) is 13.5. The molecule has 3 N–H and O–H groups in total. The van der Waals surface area contributed by atoms with E-state index in [4.69, 9.17) is 18.9 Å². The van der Waals surface area contributed by atoms with Crippen molar-refractivity contribution < 1.29 is 33.3 Å². The SMILES string of the molecule is COc1ccc(/C=C(\NC(=O)c2ccccc2)C(=O)Nc2ccc(SCC(=O)Nc3ccc4c(c3)OCO4)cc2)cc1OC. The molecule has 4 aromatic rings. The summed E-state index contributed by atoms with van der Waals surface area (Å²) in [5.41, 5.74) is 2.18. The van der Waals surface area contributed by atoms with Gasteiger partial charge in [0.15, 0.2) is 23.0 Å². The number of carbonyl (C=O) groups excluding carboxylic acids is 3. The predicted octanol–water partition coefficient (Wildman–Crippen LogP) is 5.57. The van der Waals surface area contributed by atoms with E-state index in [2.05, 4.69) is 16.0 Å². The maximum absolute atomic E-state index is 13.4. The van der Waals surface area contributed by atoms with Gasteiger partial charge in [-0.05, 0) is 72.3 Å². The lowest BCUT2D eigenvalue weighted by atomic mass is 10.1. The lowest BCUT2D eigenvalue weighted by molar-refractivity contribution is -0.114. The normalized spacial score (nSPS) is 11.8. The van der Waals surface area contributed by atoms with Crippen molar-refractivity contribution in [2.75, 3.05) is 37.4 Å². The number of hydrogen-bond donors (Lipinski definition) is 3. The summed E-state index contributed by atoms with van der Waals surface area (Å²) in [4.78, 5) is 39.6. The van der Waals surface area contributed by atoms with E-state index in [1.165, 1.54) is 26.0 Å². The fourth-order valence-corrected chi connectivity index (χ4v) is 4.90. The van der Waals surface area contributed by atoms with Gasteiger partial charge in [0.1, 0.15) is 5.70 Å². The Balaban J connectivity index is 1.24. The number of fused-ring (bicyclic) bond motifs is 1. The third kappa shape index (κ3) is 7.69. The average Bonchev–Trinajstić information content (AvgIpc) is 3.52. The van der Waals surface area contributed by atoms with E-state index in [9.17, 15) is 14.4 Å². The van der Waals surface area contributed by atoms with Crippen LogP contribution < -0.4 is 34.9 Å². The van der Waals surface area contributed by atoms with E-state index in [1.54, 1.807) is 97.1 Å². The fraction of sp³-hybridized carbons (Fsp3) is 0.121. The number of anilines is 2. The first-order chi connectivity index (χ1) is 21.4. The number of methoxy groups -OCH3 is 2. The van der Waals surface area contributed by atoms with Crippen molar-refractivity contribution in [3.63, 3.8) is 0 Å². The molecule has 0 aliphatic carbocycles. The lowest BCUT2D eigenvalue weighted by Crippen LogP contribution is -2.30. The number of amides is 3. The lowest BCUT2D eigenvalue weighted by Gasteiger charge is -2.13. The van der Waals surface area contributed by atoms with Gasteiger partial charge in [0.25, 0.3) is 11.8 Å². The molecule has 1 aliphatic heterocycles. The highest BCUT2D eigenvalue weighted by Crippen LogP contribution is 2.34. The van der Waals surface area contributed by atoms with E-state index in [1.807, 2.05) is 0 Å². The minimum atomic E-state index is -0.521. The van der Waals surface area contributed by atoms with Gasteiger partial charge in [-0.2, -0.15) is 0 Å². The zero-order chi connectivity index (χ0) is 30.9. The van der Waals surface area contributed by atoms with Gasteiger partial charge in [-0.25, -0.2) is 0 Å². The monoisotopic (exact) mass is 611 g/mol. The van der Waals surface area contributed by atoms with Crippen LogP contribution in [0.3, 0.4) is 0 Å². The molecule has 0 atom stereocenters. The molecule has 44 heavy (non-hydrogen) atoms. The summed E-state index contributed by atoms with van der Waals surface area (Å²) in [5.74, 6) is 1.31. The summed E-state index contributed by atoms with van der Waals surface area (Å²) in [7, 11) is 3.05. The molecule has 0 bridgehead atoms. The van der Waals surface area contributed by atoms with Crippen LogP contribution in [0.15, 0.2) is 102 Å². The molecule has 4 aromatic carbocycles. The molecule has 224 valence electrons. The molecule has 0 fully saturated rings. The Morgan fingerprint density at radius 2 is 1.52 bits per heavy atom. The van der Waals surface area contributed by atoms with E-state index >= 15 is 0 Å². The fourth-order valence-electron chi connectivity index (χ4n) is 4.20. The second-order valence-electron chi connectivity index (χ2n) is 9.38. The molecule has 11 heteroatoms.